The van der Waals surface area contributed by atoms with Gasteiger partial charge in [-0.15, -0.1) is 11.8 Å². The van der Waals surface area contributed by atoms with Crippen molar-refractivity contribution in [1.82, 2.24) is 9.97 Å². The van der Waals surface area contributed by atoms with Crippen molar-refractivity contribution in [1.29, 1.82) is 0 Å². The van der Waals surface area contributed by atoms with Crippen LogP contribution < -0.4 is 11.1 Å². The zero-order chi connectivity index (χ0) is 14.8. The summed E-state index contributed by atoms with van der Waals surface area (Å²) in [6, 6.07) is 12.2. The predicted octanol–water partition coefficient (Wildman–Crippen LogP) is 3.27. The van der Waals surface area contributed by atoms with Gasteiger partial charge in [0.2, 0.25) is 0 Å². The number of benzene rings is 2. The van der Waals surface area contributed by atoms with E-state index in [-0.39, 0.29) is 0 Å². The van der Waals surface area contributed by atoms with Crippen LogP contribution in [0.25, 0.3) is 10.8 Å². The molecule has 2 N–H and O–H groups in total. The van der Waals surface area contributed by atoms with Crippen LogP contribution in [0.15, 0.2) is 61.7 Å². The molecule has 0 saturated carbocycles. The Morgan fingerprint density at radius 1 is 1.00 bits per heavy atom. The Balaban J connectivity index is 1.92. The number of aromatic amines is 2. The molecule has 1 aromatic heterocycles. The number of H-pyrrole nitrogens is 2. The van der Waals surface area contributed by atoms with Crippen LogP contribution in [-0.4, -0.2) is 9.97 Å². The van der Waals surface area contributed by atoms with E-state index in [9.17, 15) is 9.59 Å². The zero-order valence-electron chi connectivity index (χ0n) is 10.9. The second-order valence-electron chi connectivity index (χ2n) is 4.48. The van der Waals surface area contributed by atoms with Gasteiger partial charge in [0.15, 0.2) is 0 Å². The molecule has 0 bridgehead atoms. The summed E-state index contributed by atoms with van der Waals surface area (Å²) in [6.07, 6.45) is 1.52. The van der Waals surface area contributed by atoms with Crippen LogP contribution in [0.2, 0.25) is 0 Å². The summed E-state index contributed by atoms with van der Waals surface area (Å²) in [7, 11) is 0. The highest BCUT2D eigenvalue weighted by atomic mass is 79.9. The molecule has 1 heterocycles. The molecule has 106 valence electrons. The highest BCUT2D eigenvalue weighted by Crippen LogP contribution is 2.30. The third-order valence-electron chi connectivity index (χ3n) is 3.12. The molecule has 6 heteroatoms. The van der Waals surface area contributed by atoms with Crippen LogP contribution in [-0.2, 0) is 5.75 Å². The smallest absolute Gasteiger partial charge is 0.314 e. The van der Waals surface area contributed by atoms with Crippen LogP contribution >= 0.6 is 27.7 Å². The van der Waals surface area contributed by atoms with Crippen molar-refractivity contribution in [3.05, 3.63) is 73.3 Å². The largest absolute Gasteiger partial charge is 0.322 e. The summed E-state index contributed by atoms with van der Waals surface area (Å²) in [4.78, 5) is 27.3. The van der Waals surface area contributed by atoms with Gasteiger partial charge in [-0.1, -0.05) is 46.3 Å². The first kappa shape index (κ1) is 14.2. The van der Waals surface area contributed by atoms with Crippen LogP contribution in [0, 0.1) is 0 Å². The van der Waals surface area contributed by atoms with Gasteiger partial charge in [0, 0.05) is 16.4 Å². The molecule has 0 saturated heterocycles. The van der Waals surface area contributed by atoms with E-state index in [1.165, 1.54) is 28.9 Å². The van der Waals surface area contributed by atoms with Crippen LogP contribution in [0.4, 0.5) is 0 Å². The first-order chi connectivity index (χ1) is 10.1. The van der Waals surface area contributed by atoms with Gasteiger partial charge in [-0.3, -0.25) is 9.59 Å². The van der Waals surface area contributed by atoms with Gasteiger partial charge in [-0.05, 0) is 22.4 Å². The number of rotatable bonds is 3. The van der Waals surface area contributed by atoms with Gasteiger partial charge in [-0.2, -0.15) is 0 Å². The number of fused-ring (bicyclic) bond motifs is 1. The van der Waals surface area contributed by atoms with E-state index in [1.807, 2.05) is 18.2 Å². The van der Waals surface area contributed by atoms with Crippen molar-refractivity contribution in [3.63, 3.8) is 0 Å². The van der Waals surface area contributed by atoms with Crippen LogP contribution in [0.1, 0.15) is 5.56 Å². The molecule has 0 amide bonds. The standard InChI is InChI=1S/C15H11BrN2O2S/c16-12-6-5-9(10-3-1-2-4-11(10)12)8-21-13-7-17-14(19)15(20)18-13/h1-7H,8H2,(H,17,19)(H,18,20). The monoisotopic (exact) mass is 362 g/mol. The summed E-state index contributed by atoms with van der Waals surface area (Å²) in [5.41, 5.74) is -0.0834. The Kier molecular flexibility index (Phi) is 3.98. The topological polar surface area (TPSA) is 65.7 Å². The molecular formula is C15H11BrN2O2S. The molecule has 0 atom stereocenters. The third kappa shape index (κ3) is 2.96. The van der Waals surface area contributed by atoms with Crippen molar-refractivity contribution in [2.45, 2.75) is 10.8 Å². The summed E-state index contributed by atoms with van der Waals surface area (Å²) in [5.74, 6) is 0.704. The SMILES string of the molecule is O=c1[nH]cc(SCc2ccc(Br)c3ccccc23)[nH]c1=O. The van der Waals surface area contributed by atoms with Crippen molar-refractivity contribution in [3.8, 4) is 0 Å². The van der Waals surface area contributed by atoms with Crippen molar-refractivity contribution in [2.24, 2.45) is 0 Å². The Labute approximate surface area is 132 Å². The Bertz CT molecular complexity index is 917. The van der Waals surface area contributed by atoms with Gasteiger partial charge in [0.05, 0.1) is 5.03 Å². The molecule has 0 unspecified atom stereocenters. The van der Waals surface area contributed by atoms with Crippen molar-refractivity contribution < 1.29 is 0 Å². The second kappa shape index (κ2) is 5.91. The minimum atomic E-state index is -0.631. The number of thioether (sulfide) groups is 1. The van der Waals surface area contributed by atoms with E-state index in [0.717, 1.165) is 9.86 Å². The summed E-state index contributed by atoms with van der Waals surface area (Å²) >= 11 is 5.03. The molecule has 0 aliphatic heterocycles. The summed E-state index contributed by atoms with van der Waals surface area (Å²) < 4.78 is 1.06. The highest BCUT2D eigenvalue weighted by molar-refractivity contribution is 9.10. The fourth-order valence-corrected chi connectivity index (χ4v) is 3.43. The number of hydrogen-bond donors (Lipinski definition) is 2. The van der Waals surface area contributed by atoms with Gasteiger partial charge in [0.1, 0.15) is 0 Å². The average molecular weight is 363 g/mol. The lowest BCUT2D eigenvalue weighted by Gasteiger charge is -2.08. The molecule has 0 aliphatic rings. The van der Waals surface area contributed by atoms with E-state index >= 15 is 0 Å². The molecule has 0 spiro atoms. The third-order valence-corrected chi connectivity index (χ3v) is 4.80. The highest BCUT2D eigenvalue weighted by Gasteiger charge is 2.05. The Hall–Kier alpha value is -1.79. The maximum atomic E-state index is 11.3. The van der Waals surface area contributed by atoms with E-state index in [1.54, 1.807) is 0 Å². The van der Waals surface area contributed by atoms with E-state index < -0.39 is 11.1 Å². The second-order valence-corrected chi connectivity index (χ2v) is 6.35. The average Bonchev–Trinajstić information content (AvgIpc) is 2.50. The first-order valence-electron chi connectivity index (χ1n) is 6.26. The quantitative estimate of drug-likeness (QED) is 0.555. The Morgan fingerprint density at radius 2 is 1.76 bits per heavy atom. The van der Waals surface area contributed by atoms with Gasteiger partial charge >= 0.3 is 11.1 Å². The number of aromatic nitrogens is 2. The van der Waals surface area contributed by atoms with Crippen LogP contribution in [0.3, 0.4) is 0 Å². The lowest BCUT2D eigenvalue weighted by molar-refractivity contribution is 0.971. The Morgan fingerprint density at radius 3 is 2.52 bits per heavy atom. The molecule has 4 nitrogen and oxygen atoms in total. The van der Waals surface area contributed by atoms with Gasteiger partial charge in [-0.25, -0.2) is 0 Å². The van der Waals surface area contributed by atoms with Crippen molar-refractivity contribution in [2.75, 3.05) is 0 Å². The summed E-state index contributed by atoms with van der Waals surface area (Å²) in [5, 5.41) is 2.98. The van der Waals surface area contributed by atoms with Crippen molar-refractivity contribution >= 4 is 38.5 Å². The zero-order valence-corrected chi connectivity index (χ0v) is 13.3. The number of nitrogens with one attached hydrogen (secondary N) is 2. The van der Waals surface area contributed by atoms with Crippen LogP contribution in [0.5, 0.6) is 0 Å². The molecule has 3 aromatic rings. The fourth-order valence-electron chi connectivity index (χ4n) is 2.09. The lowest BCUT2D eigenvalue weighted by Crippen LogP contribution is -2.28. The van der Waals surface area contributed by atoms with E-state index in [2.05, 4.69) is 44.1 Å². The maximum absolute atomic E-state index is 11.3. The number of hydrogen-bond acceptors (Lipinski definition) is 3. The summed E-state index contributed by atoms with van der Waals surface area (Å²) in [6.45, 7) is 0. The molecule has 2 aromatic carbocycles. The van der Waals surface area contributed by atoms with Gasteiger partial charge < -0.3 is 9.97 Å². The molecule has 21 heavy (non-hydrogen) atoms. The fraction of sp³-hybridized carbons (Fsp3) is 0.0667. The van der Waals surface area contributed by atoms with Gasteiger partial charge in [0.25, 0.3) is 0 Å². The minimum absolute atomic E-state index is 0.624. The lowest BCUT2D eigenvalue weighted by atomic mass is 10.1. The van der Waals surface area contributed by atoms with E-state index in [0.29, 0.717) is 10.8 Å². The number of halogens is 1. The molecular weight excluding hydrogens is 352 g/mol. The molecule has 0 aliphatic carbocycles. The normalized spacial score (nSPS) is 10.9. The first-order valence-corrected chi connectivity index (χ1v) is 8.04. The minimum Gasteiger partial charge on any atom is -0.322 e. The predicted molar refractivity (Wildman–Crippen MR) is 88.9 cm³/mol. The maximum Gasteiger partial charge on any atom is 0.314 e. The molecule has 0 fully saturated rings. The van der Waals surface area contributed by atoms with E-state index in [4.69, 9.17) is 0 Å². The molecule has 0 radical (unpaired) electrons. The molecule has 3 rings (SSSR count).